The molecule has 0 aromatic heterocycles. The molecule has 0 aliphatic heterocycles. The Hall–Kier alpha value is -1.70. The Morgan fingerprint density at radius 3 is 1.90 bits per heavy atom. The molecule has 20 heavy (non-hydrogen) atoms. The van der Waals surface area contributed by atoms with E-state index in [1.807, 2.05) is 0 Å². The van der Waals surface area contributed by atoms with Crippen LogP contribution in [0.4, 0.5) is 0 Å². The molecule has 4 heteroatoms. The molecule has 0 radical (unpaired) electrons. The number of aryl methyl sites for hydroxylation is 2. The predicted octanol–water partition coefficient (Wildman–Crippen LogP) is 3.20. The molecule has 0 aliphatic carbocycles. The van der Waals surface area contributed by atoms with Crippen molar-refractivity contribution in [1.29, 1.82) is 0 Å². The topological polar surface area (TPSA) is 54.4 Å². The molecule has 0 saturated heterocycles. The van der Waals surface area contributed by atoms with E-state index in [4.69, 9.17) is 4.89 Å². The molecule has 1 atom stereocenters. The summed E-state index contributed by atoms with van der Waals surface area (Å²) in [5.41, 5.74) is 4.47. The van der Waals surface area contributed by atoms with E-state index in [0.29, 0.717) is 11.8 Å². The van der Waals surface area contributed by atoms with Gasteiger partial charge in [-0.3, -0.25) is 9.36 Å². The Morgan fingerprint density at radius 2 is 1.50 bits per heavy atom. The molecule has 0 saturated carbocycles. The summed E-state index contributed by atoms with van der Waals surface area (Å²) in [7, 11) is -2.74. The van der Waals surface area contributed by atoms with Crippen LogP contribution in [0, 0.1) is 20.8 Å². The number of aldehydes is 1. The molecule has 0 spiro atoms. The van der Waals surface area contributed by atoms with Crippen LogP contribution in [0.5, 0.6) is 0 Å². The second-order valence-corrected chi connectivity index (χ2v) is 5.68. The van der Waals surface area contributed by atoms with Crippen molar-refractivity contribution >= 4 is 19.6 Å². The summed E-state index contributed by atoms with van der Waals surface area (Å²) in [4.78, 5) is 19.0. The summed E-state index contributed by atoms with van der Waals surface area (Å²) in [5, 5.41) is 0.229. The van der Waals surface area contributed by atoms with Gasteiger partial charge >= 0.3 is 0 Å². The van der Waals surface area contributed by atoms with Crippen molar-refractivity contribution in [2.75, 3.05) is 0 Å². The Balaban J connectivity index is 0.000000204. The summed E-state index contributed by atoms with van der Waals surface area (Å²) in [6.45, 7) is 6.44. The molecule has 106 valence electrons. The lowest BCUT2D eigenvalue weighted by molar-refractivity contribution is 0.112. The minimum absolute atomic E-state index is 0.229. The van der Waals surface area contributed by atoms with Gasteiger partial charge in [-0.1, -0.05) is 36.4 Å². The number of hydrogen-bond donors (Lipinski definition) is 1. The molecular weight excluding hydrogens is 271 g/mol. The Labute approximate surface area is 120 Å². The van der Waals surface area contributed by atoms with Crippen molar-refractivity contribution in [2.24, 2.45) is 0 Å². The van der Waals surface area contributed by atoms with Gasteiger partial charge < -0.3 is 4.89 Å². The molecule has 2 rings (SSSR count). The van der Waals surface area contributed by atoms with Gasteiger partial charge in [0.1, 0.15) is 0 Å². The van der Waals surface area contributed by atoms with Crippen molar-refractivity contribution in [3.63, 3.8) is 0 Å². The summed E-state index contributed by atoms with van der Waals surface area (Å²) < 4.78 is 10.6. The standard InChI is InChI=1S/C9H12.C7H7O3P/c1-7-5-4-6-8(2)9(7)3;8-5-6-3-1-2-4-7(6)11(9)10/h4-6H,1-3H3;1-5,11H,(H,9,10). The third kappa shape index (κ3) is 4.44. The number of carbonyl (C=O) groups is 1. The van der Waals surface area contributed by atoms with E-state index in [9.17, 15) is 9.36 Å². The fraction of sp³-hybridized carbons (Fsp3) is 0.188. The smallest absolute Gasteiger partial charge is 0.218 e. The Bertz CT molecular complexity index is 601. The first kappa shape index (κ1) is 16.4. The first-order valence-electron chi connectivity index (χ1n) is 6.27. The van der Waals surface area contributed by atoms with Crippen LogP contribution in [-0.2, 0) is 4.57 Å². The number of hydrogen-bond acceptors (Lipinski definition) is 2. The van der Waals surface area contributed by atoms with Crippen LogP contribution in [0.15, 0.2) is 42.5 Å². The zero-order valence-electron chi connectivity index (χ0n) is 11.9. The molecule has 0 fully saturated rings. The first-order valence-corrected chi connectivity index (χ1v) is 7.63. The van der Waals surface area contributed by atoms with Gasteiger partial charge in [0.25, 0.3) is 0 Å². The third-order valence-corrected chi connectivity index (χ3v) is 4.11. The molecular formula is C16H19O3P. The number of carbonyl (C=O) groups excluding carboxylic acids is 1. The van der Waals surface area contributed by atoms with Crippen molar-refractivity contribution in [3.8, 4) is 0 Å². The highest BCUT2D eigenvalue weighted by molar-refractivity contribution is 7.47. The third-order valence-electron chi connectivity index (χ3n) is 3.19. The van der Waals surface area contributed by atoms with Gasteiger partial charge in [-0.15, -0.1) is 0 Å². The van der Waals surface area contributed by atoms with Crippen molar-refractivity contribution < 1.29 is 14.3 Å². The number of rotatable bonds is 2. The summed E-state index contributed by atoms with van der Waals surface area (Å²) in [5.74, 6) is 0. The van der Waals surface area contributed by atoms with Crippen LogP contribution in [0.1, 0.15) is 27.0 Å². The van der Waals surface area contributed by atoms with Gasteiger partial charge in [-0.2, -0.15) is 0 Å². The molecule has 3 nitrogen and oxygen atoms in total. The van der Waals surface area contributed by atoms with Crippen LogP contribution in [0.3, 0.4) is 0 Å². The van der Waals surface area contributed by atoms with E-state index < -0.39 is 8.03 Å². The Kier molecular flexibility index (Phi) is 6.37. The van der Waals surface area contributed by atoms with Crippen LogP contribution in [0.25, 0.3) is 0 Å². The largest absolute Gasteiger partial charge is 0.343 e. The second-order valence-electron chi connectivity index (χ2n) is 4.53. The summed E-state index contributed by atoms with van der Waals surface area (Å²) in [6.07, 6.45) is 0.577. The van der Waals surface area contributed by atoms with Crippen LogP contribution in [-0.4, -0.2) is 11.2 Å². The molecule has 0 heterocycles. The fourth-order valence-corrected chi connectivity index (χ4v) is 2.32. The van der Waals surface area contributed by atoms with Gasteiger partial charge in [0, 0.05) is 10.9 Å². The first-order chi connectivity index (χ1) is 9.47. The molecule has 0 amide bonds. The maximum atomic E-state index is 10.6. The number of benzene rings is 2. The zero-order chi connectivity index (χ0) is 15.1. The summed E-state index contributed by atoms with van der Waals surface area (Å²) >= 11 is 0. The predicted molar refractivity (Wildman–Crippen MR) is 83.3 cm³/mol. The van der Waals surface area contributed by atoms with Crippen molar-refractivity contribution in [2.45, 2.75) is 20.8 Å². The van der Waals surface area contributed by atoms with Crippen molar-refractivity contribution in [3.05, 3.63) is 64.7 Å². The van der Waals surface area contributed by atoms with Crippen LogP contribution >= 0.6 is 8.03 Å². The van der Waals surface area contributed by atoms with E-state index in [1.165, 1.54) is 28.8 Å². The molecule has 1 unspecified atom stereocenters. The molecule has 2 aromatic rings. The second kappa shape index (κ2) is 7.78. The molecule has 1 N–H and O–H groups in total. The van der Waals surface area contributed by atoms with Gasteiger partial charge in [-0.25, -0.2) is 0 Å². The highest BCUT2D eigenvalue weighted by Crippen LogP contribution is 2.14. The summed E-state index contributed by atoms with van der Waals surface area (Å²) in [6, 6.07) is 12.6. The maximum absolute atomic E-state index is 10.6. The fourth-order valence-electron chi connectivity index (χ4n) is 1.69. The van der Waals surface area contributed by atoms with E-state index in [1.54, 1.807) is 12.1 Å². The highest BCUT2D eigenvalue weighted by Gasteiger charge is 2.03. The normalized spacial score (nSPS) is 11.2. The van der Waals surface area contributed by atoms with Crippen LogP contribution < -0.4 is 5.30 Å². The zero-order valence-corrected chi connectivity index (χ0v) is 12.9. The monoisotopic (exact) mass is 290 g/mol. The van der Waals surface area contributed by atoms with Crippen molar-refractivity contribution in [1.82, 2.24) is 0 Å². The lowest BCUT2D eigenvalue weighted by atomic mass is 10.1. The van der Waals surface area contributed by atoms with Gasteiger partial charge in [0.05, 0.1) is 0 Å². The molecule has 0 bridgehead atoms. The maximum Gasteiger partial charge on any atom is 0.218 e. The minimum Gasteiger partial charge on any atom is -0.343 e. The average molecular weight is 290 g/mol. The molecule has 0 aliphatic rings. The van der Waals surface area contributed by atoms with E-state index in [2.05, 4.69) is 39.0 Å². The quantitative estimate of drug-likeness (QED) is 0.682. The lowest BCUT2D eigenvalue weighted by Gasteiger charge is -2.00. The van der Waals surface area contributed by atoms with Gasteiger partial charge in [0.2, 0.25) is 8.03 Å². The van der Waals surface area contributed by atoms with E-state index in [-0.39, 0.29) is 5.30 Å². The minimum atomic E-state index is -2.74. The average Bonchev–Trinajstić information content (AvgIpc) is 2.45. The van der Waals surface area contributed by atoms with Crippen LogP contribution in [0.2, 0.25) is 0 Å². The van der Waals surface area contributed by atoms with Gasteiger partial charge in [0.15, 0.2) is 6.29 Å². The lowest BCUT2D eigenvalue weighted by Crippen LogP contribution is -2.02. The molecule has 2 aromatic carbocycles. The van der Waals surface area contributed by atoms with Gasteiger partial charge in [-0.05, 0) is 43.5 Å². The SMILES string of the molecule is Cc1cccc(C)c1C.O=Cc1ccccc1[PH](=O)O. The Morgan fingerprint density at radius 1 is 0.950 bits per heavy atom. The van der Waals surface area contributed by atoms with E-state index in [0.717, 1.165) is 0 Å². The highest BCUT2D eigenvalue weighted by atomic mass is 31.1. The van der Waals surface area contributed by atoms with E-state index >= 15 is 0 Å².